The van der Waals surface area contributed by atoms with Gasteiger partial charge in [-0.15, -0.1) is 0 Å². The molecule has 0 amide bonds. The summed E-state index contributed by atoms with van der Waals surface area (Å²) < 4.78 is 5.85. The Morgan fingerprint density at radius 1 is 0.844 bits per heavy atom. The number of aliphatic hydroxyl groups excluding tert-OH is 2. The van der Waals surface area contributed by atoms with Crippen molar-refractivity contribution in [2.45, 2.75) is 38.6 Å². The molecule has 0 radical (unpaired) electrons. The molecule has 3 rings (SSSR count). The van der Waals surface area contributed by atoms with Crippen molar-refractivity contribution in [1.29, 1.82) is 0 Å². The number of ether oxygens (including phenoxy) is 1. The normalized spacial score (nSPS) is 12.1. The molecule has 0 bridgehead atoms. The summed E-state index contributed by atoms with van der Waals surface area (Å²) in [5, 5.41) is 32.5. The minimum atomic E-state index is -0.698. The summed E-state index contributed by atoms with van der Waals surface area (Å²) in [4.78, 5) is 0. The van der Waals surface area contributed by atoms with Gasteiger partial charge in [0.1, 0.15) is 5.75 Å². The SMILES string of the molecule is OCc1cc(C(O)CNCCc2cccc(COCCCc3ccccc3)c2)ccc1O. The van der Waals surface area contributed by atoms with Gasteiger partial charge in [0.25, 0.3) is 0 Å². The van der Waals surface area contributed by atoms with Gasteiger partial charge in [-0.05, 0) is 60.2 Å². The Morgan fingerprint density at radius 3 is 2.44 bits per heavy atom. The van der Waals surface area contributed by atoms with Crippen LogP contribution in [0.4, 0.5) is 0 Å². The van der Waals surface area contributed by atoms with E-state index >= 15 is 0 Å². The molecule has 0 saturated carbocycles. The molecule has 0 aromatic heterocycles. The minimum absolute atomic E-state index is 0.0384. The predicted octanol–water partition coefficient (Wildman–Crippen LogP) is 3.90. The average Bonchev–Trinajstić information content (AvgIpc) is 2.83. The zero-order valence-electron chi connectivity index (χ0n) is 18.4. The fourth-order valence-corrected chi connectivity index (χ4v) is 3.62. The molecule has 0 spiro atoms. The molecular formula is C27H33NO4. The molecule has 170 valence electrons. The van der Waals surface area contributed by atoms with E-state index < -0.39 is 6.10 Å². The van der Waals surface area contributed by atoms with Crippen LogP contribution in [0.5, 0.6) is 5.75 Å². The van der Waals surface area contributed by atoms with E-state index in [0.717, 1.165) is 32.4 Å². The number of hydrogen-bond acceptors (Lipinski definition) is 5. The van der Waals surface area contributed by atoms with Crippen LogP contribution in [-0.4, -0.2) is 35.0 Å². The van der Waals surface area contributed by atoms with Crippen molar-refractivity contribution in [2.24, 2.45) is 0 Å². The molecule has 32 heavy (non-hydrogen) atoms. The summed E-state index contributed by atoms with van der Waals surface area (Å²) in [6, 6.07) is 23.7. The third kappa shape index (κ3) is 7.77. The second-order valence-corrected chi connectivity index (χ2v) is 7.98. The van der Waals surface area contributed by atoms with Crippen molar-refractivity contribution in [3.63, 3.8) is 0 Å². The highest BCUT2D eigenvalue weighted by Crippen LogP contribution is 2.22. The predicted molar refractivity (Wildman–Crippen MR) is 126 cm³/mol. The van der Waals surface area contributed by atoms with Crippen LogP contribution in [-0.2, 0) is 30.8 Å². The number of aliphatic hydroxyl groups is 2. The molecule has 1 unspecified atom stereocenters. The standard InChI is InChI=1S/C27H33NO4/c29-19-25-17-24(11-12-26(25)30)27(31)18-28-14-13-22-8-4-9-23(16-22)20-32-15-5-10-21-6-2-1-3-7-21/h1-4,6-9,11-12,16-17,27-31H,5,10,13-15,18-20H2. The average molecular weight is 436 g/mol. The molecule has 0 saturated heterocycles. The van der Waals surface area contributed by atoms with Crippen LogP contribution >= 0.6 is 0 Å². The van der Waals surface area contributed by atoms with E-state index in [2.05, 4.69) is 53.8 Å². The van der Waals surface area contributed by atoms with E-state index in [0.29, 0.717) is 24.3 Å². The molecule has 0 aliphatic carbocycles. The molecule has 3 aromatic carbocycles. The first kappa shape index (κ1) is 24.0. The Labute approximate surface area is 190 Å². The molecule has 4 N–H and O–H groups in total. The summed E-state index contributed by atoms with van der Waals surface area (Å²) in [6.45, 7) is 2.24. The Balaban J connectivity index is 1.34. The number of phenols is 1. The van der Waals surface area contributed by atoms with Crippen LogP contribution in [0.25, 0.3) is 0 Å². The Bertz CT molecular complexity index is 945. The van der Waals surface area contributed by atoms with Crippen LogP contribution in [0.2, 0.25) is 0 Å². The number of aromatic hydroxyl groups is 1. The van der Waals surface area contributed by atoms with Gasteiger partial charge in [0, 0.05) is 18.7 Å². The van der Waals surface area contributed by atoms with Crippen molar-refractivity contribution in [3.8, 4) is 5.75 Å². The molecule has 0 aliphatic heterocycles. The van der Waals surface area contributed by atoms with Gasteiger partial charge in [-0.1, -0.05) is 60.7 Å². The van der Waals surface area contributed by atoms with Gasteiger partial charge in [-0.25, -0.2) is 0 Å². The monoisotopic (exact) mass is 435 g/mol. The van der Waals surface area contributed by atoms with E-state index in [-0.39, 0.29) is 12.4 Å². The van der Waals surface area contributed by atoms with Crippen molar-refractivity contribution >= 4 is 0 Å². The molecule has 3 aromatic rings. The lowest BCUT2D eigenvalue weighted by Gasteiger charge is -2.14. The summed E-state index contributed by atoms with van der Waals surface area (Å²) in [7, 11) is 0. The Morgan fingerprint density at radius 2 is 1.62 bits per heavy atom. The number of aryl methyl sites for hydroxylation is 1. The second-order valence-electron chi connectivity index (χ2n) is 7.98. The van der Waals surface area contributed by atoms with Gasteiger partial charge in [0.2, 0.25) is 0 Å². The lowest BCUT2D eigenvalue weighted by Crippen LogP contribution is -2.23. The topological polar surface area (TPSA) is 82.0 Å². The van der Waals surface area contributed by atoms with Crippen molar-refractivity contribution in [2.75, 3.05) is 19.7 Å². The van der Waals surface area contributed by atoms with Gasteiger partial charge in [-0.2, -0.15) is 0 Å². The number of nitrogens with one attached hydrogen (secondary N) is 1. The Kier molecular flexibility index (Phi) is 9.72. The first-order valence-corrected chi connectivity index (χ1v) is 11.2. The zero-order chi connectivity index (χ0) is 22.6. The molecular weight excluding hydrogens is 402 g/mol. The van der Waals surface area contributed by atoms with Gasteiger partial charge in [0.05, 0.1) is 19.3 Å². The molecule has 1 atom stereocenters. The highest BCUT2D eigenvalue weighted by atomic mass is 16.5. The molecule has 0 fully saturated rings. The van der Waals surface area contributed by atoms with Gasteiger partial charge >= 0.3 is 0 Å². The summed E-state index contributed by atoms with van der Waals surface area (Å²) in [5.74, 6) is 0.0384. The van der Waals surface area contributed by atoms with Crippen molar-refractivity contribution in [3.05, 3.63) is 101 Å². The first-order chi connectivity index (χ1) is 15.7. The van der Waals surface area contributed by atoms with E-state index in [1.807, 2.05) is 6.07 Å². The second kappa shape index (κ2) is 13.0. The fourth-order valence-electron chi connectivity index (χ4n) is 3.62. The maximum Gasteiger partial charge on any atom is 0.121 e. The highest BCUT2D eigenvalue weighted by molar-refractivity contribution is 5.36. The van der Waals surface area contributed by atoms with Crippen LogP contribution in [0, 0.1) is 0 Å². The van der Waals surface area contributed by atoms with Gasteiger partial charge < -0.3 is 25.4 Å². The summed E-state index contributed by atoms with van der Waals surface area (Å²) in [5.41, 5.74) is 4.83. The van der Waals surface area contributed by atoms with Crippen LogP contribution in [0.15, 0.2) is 72.8 Å². The zero-order valence-corrected chi connectivity index (χ0v) is 18.4. The third-order valence-electron chi connectivity index (χ3n) is 5.44. The summed E-state index contributed by atoms with van der Waals surface area (Å²) in [6.07, 6.45) is 2.20. The largest absolute Gasteiger partial charge is 0.508 e. The van der Waals surface area contributed by atoms with Crippen molar-refractivity contribution < 1.29 is 20.1 Å². The summed E-state index contributed by atoms with van der Waals surface area (Å²) >= 11 is 0. The van der Waals surface area contributed by atoms with Gasteiger partial charge in [-0.3, -0.25) is 0 Å². The maximum absolute atomic E-state index is 10.3. The number of rotatable bonds is 13. The van der Waals surface area contributed by atoms with E-state index in [1.165, 1.54) is 22.8 Å². The first-order valence-electron chi connectivity index (χ1n) is 11.2. The van der Waals surface area contributed by atoms with Crippen LogP contribution in [0.1, 0.15) is 40.3 Å². The lowest BCUT2D eigenvalue weighted by atomic mass is 10.0. The quantitative estimate of drug-likeness (QED) is 0.306. The maximum atomic E-state index is 10.3. The van der Waals surface area contributed by atoms with Crippen molar-refractivity contribution in [1.82, 2.24) is 5.32 Å². The number of hydrogen-bond donors (Lipinski definition) is 4. The fraction of sp³-hybridized carbons (Fsp3) is 0.333. The van der Waals surface area contributed by atoms with E-state index in [4.69, 9.17) is 4.74 Å². The lowest BCUT2D eigenvalue weighted by molar-refractivity contribution is 0.118. The number of benzene rings is 3. The molecule has 5 heteroatoms. The molecule has 0 heterocycles. The smallest absolute Gasteiger partial charge is 0.121 e. The van der Waals surface area contributed by atoms with Crippen LogP contribution < -0.4 is 5.32 Å². The minimum Gasteiger partial charge on any atom is -0.508 e. The Hall–Kier alpha value is -2.70. The molecule has 5 nitrogen and oxygen atoms in total. The molecule has 0 aliphatic rings. The van der Waals surface area contributed by atoms with E-state index in [1.54, 1.807) is 12.1 Å². The van der Waals surface area contributed by atoms with Crippen LogP contribution in [0.3, 0.4) is 0 Å². The highest BCUT2D eigenvalue weighted by Gasteiger charge is 2.10. The van der Waals surface area contributed by atoms with Gasteiger partial charge in [0.15, 0.2) is 0 Å². The third-order valence-corrected chi connectivity index (χ3v) is 5.44. The van der Waals surface area contributed by atoms with E-state index in [9.17, 15) is 15.3 Å².